The molecule has 0 amide bonds. The van der Waals surface area contributed by atoms with E-state index in [1.165, 1.54) is 10.8 Å². The molecule has 2 aromatic carbocycles. The molecule has 0 saturated carbocycles. The zero-order valence-corrected chi connectivity index (χ0v) is 20.6. The number of nitrogens with zero attached hydrogens (tertiary/aromatic N) is 3. The van der Waals surface area contributed by atoms with Gasteiger partial charge in [-0.1, -0.05) is 24.3 Å². The third-order valence-electron chi connectivity index (χ3n) is 5.86. The first-order chi connectivity index (χ1) is 16.8. The molecule has 2 aromatic heterocycles. The summed E-state index contributed by atoms with van der Waals surface area (Å²) in [5, 5.41) is 22.2. The fraction of sp³-hybridized carbons (Fsp3) is 0.185. The van der Waals surface area contributed by atoms with Crippen LogP contribution in [0, 0.1) is 32.1 Å². The number of aliphatic imine (C=N–C) groups is 1. The number of esters is 1. The number of aromatic nitrogens is 1. The lowest BCUT2D eigenvalue weighted by Crippen LogP contribution is -2.20. The third kappa shape index (κ3) is 4.22. The summed E-state index contributed by atoms with van der Waals surface area (Å²) in [6.45, 7) is 7.52. The van der Waals surface area contributed by atoms with Crippen molar-refractivity contribution in [2.45, 2.75) is 27.7 Å². The van der Waals surface area contributed by atoms with Crippen molar-refractivity contribution in [1.29, 1.82) is 5.26 Å². The Morgan fingerprint density at radius 3 is 2.54 bits per heavy atom. The van der Waals surface area contributed by atoms with Crippen LogP contribution in [-0.4, -0.2) is 28.5 Å². The number of aryl methyl sites for hydroxylation is 2. The molecule has 0 fully saturated rings. The molecule has 0 aliphatic heterocycles. The second kappa shape index (κ2) is 9.57. The highest BCUT2D eigenvalue weighted by molar-refractivity contribution is 7.18. The lowest BCUT2D eigenvalue weighted by Gasteiger charge is -2.14. The molecular weight excluding hydrogens is 462 g/mol. The predicted octanol–water partition coefficient (Wildman–Crippen LogP) is 5.48. The number of nitriles is 1. The van der Waals surface area contributed by atoms with E-state index in [-0.39, 0.29) is 23.6 Å². The van der Waals surface area contributed by atoms with E-state index in [1.807, 2.05) is 26.0 Å². The van der Waals surface area contributed by atoms with Gasteiger partial charge in [0.1, 0.15) is 15.9 Å². The number of aromatic hydroxyl groups is 1. The van der Waals surface area contributed by atoms with Crippen LogP contribution in [0.1, 0.15) is 44.4 Å². The Hall–Kier alpha value is -4.22. The van der Waals surface area contributed by atoms with Crippen molar-refractivity contribution in [3.05, 3.63) is 85.5 Å². The molecule has 2 heterocycles. The summed E-state index contributed by atoms with van der Waals surface area (Å²) in [6.07, 6.45) is 1.43. The van der Waals surface area contributed by atoms with Crippen molar-refractivity contribution in [1.82, 2.24) is 4.57 Å². The fourth-order valence-corrected chi connectivity index (χ4v) is 4.83. The highest BCUT2D eigenvalue weighted by atomic mass is 32.1. The van der Waals surface area contributed by atoms with Gasteiger partial charge in [0.15, 0.2) is 0 Å². The van der Waals surface area contributed by atoms with Crippen LogP contribution in [0.5, 0.6) is 5.88 Å². The summed E-state index contributed by atoms with van der Waals surface area (Å²) in [5.41, 5.74) is 3.32. The van der Waals surface area contributed by atoms with Crippen molar-refractivity contribution < 1.29 is 14.6 Å². The van der Waals surface area contributed by atoms with Crippen molar-refractivity contribution in [3.63, 3.8) is 0 Å². The Morgan fingerprint density at radius 2 is 1.89 bits per heavy atom. The number of carbonyl (C=O) groups is 1. The molecule has 0 aliphatic carbocycles. The number of ether oxygens (including phenoxy) is 1. The van der Waals surface area contributed by atoms with E-state index in [2.05, 4.69) is 11.1 Å². The molecule has 0 spiro atoms. The first-order valence-electron chi connectivity index (χ1n) is 11.0. The third-order valence-corrected chi connectivity index (χ3v) is 7.04. The number of pyridine rings is 1. The monoisotopic (exact) mass is 485 g/mol. The molecule has 0 atom stereocenters. The Morgan fingerprint density at radius 1 is 1.17 bits per heavy atom. The zero-order chi connectivity index (χ0) is 25.3. The molecule has 0 unspecified atom stereocenters. The molecule has 4 rings (SSSR count). The van der Waals surface area contributed by atoms with E-state index in [0.29, 0.717) is 37.5 Å². The van der Waals surface area contributed by atoms with Gasteiger partial charge in [0.2, 0.25) is 5.88 Å². The van der Waals surface area contributed by atoms with Gasteiger partial charge < -0.3 is 9.84 Å². The van der Waals surface area contributed by atoms with Crippen LogP contribution in [0.15, 0.2) is 52.3 Å². The van der Waals surface area contributed by atoms with Gasteiger partial charge in [0.05, 0.1) is 23.4 Å². The molecule has 0 saturated heterocycles. The Bertz CT molecular complexity index is 1610. The number of thiophene rings is 1. The van der Waals surface area contributed by atoms with Crippen molar-refractivity contribution >= 4 is 39.3 Å². The molecule has 8 heteroatoms. The van der Waals surface area contributed by atoms with Crippen molar-refractivity contribution in [3.8, 4) is 17.6 Å². The van der Waals surface area contributed by atoms with Crippen molar-refractivity contribution in [2.75, 3.05) is 6.61 Å². The topological polar surface area (TPSA) is 105 Å². The number of rotatable bonds is 5. The average molecular weight is 486 g/mol. The van der Waals surface area contributed by atoms with E-state index < -0.39 is 5.97 Å². The van der Waals surface area contributed by atoms with Gasteiger partial charge in [0, 0.05) is 17.0 Å². The first-order valence-corrected chi connectivity index (χ1v) is 11.8. The van der Waals surface area contributed by atoms with Gasteiger partial charge in [-0.05, 0) is 62.6 Å². The van der Waals surface area contributed by atoms with Crippen molar-refractivity contribution in [2.24, 2.45) is 4.99 Å². The normalized spacial score (nSPS) is 11.2. The Balaban J connectivity index is 1.93. The van der Waals surface area contributed by atoms with Gasteiger partial charge in [-0.25, -0.2) is 14.4 Å². The van der Waals surface area contributed by atoms with Gasteiger partial charge in [-0.3, -0.25) is 4.79 Å². The van der Waals surface area contributed by atoms with Gasteiger partial charge in [0.25, 0.3) is 5.56 Å². The van der Waals surface area contributed by atoms with Crippen LogP contribution in [0.2, 0.25) is 0 Å². The van der Waals surface area contributed by atoms with E-state index in [4.69, 9.17) is 4.74 Å². The molecule has 4 aromatic rings. The van der Waals surface area contributed by atoms with Gasteiger partial charge in [-0.15, -0.1) is 11.3 Å². The largest absolute Gasteiger partial charge is 0.494 e. The number of benzene rings is 2. The Kier molecular flexibility index (Phi) is 6.54. The molecule has 35 heavy (non-hydrogen) atoms. The molecular formula is C27H23N3O4S. The van der Waals surface area contributed by atoms with E-state index >= 15 is 0 Å². The molecule has 0 aliphatic rings. The number of hydrogen-bond acceptors (Lipinski definition) is 7. The minimum Gasteiger partial charge on any atom is -0.494 e. The summed E-state index contributed by atoms with van der Waals surface area (Å²) in [4.78, 5) is 30.4. The number of hydrogen-bond donors (Lipinski definition) is 1. The predicted molar refractivity (Wildman–Crippen MR) is 138 cm³/mol. The van der Waals surface area contributed by atoms with E-state index in [9.17, 15) is 20.0 Å². The second-order valence-electron chi connectivity index (χ2n) is 8.02. The van der Waals surface area contributed by atoms with Crippen LogP contribution < -0.4 is 5.56 Å². The van der Waals surface area contributed by atoms with Crippen LogP contribution >= 0.6 is 11.3 Å². The summed E-state index contributed by atoms with van der Waals surface area (Å²) >= 11 is 1.05. The molecule has 176 valence electrons. The lowest BCUT2D eigenvalue weighted by atomic mass is 10.1. The van der Waals surface area contributed by atoms with Crippen LogP contribution in [0.4, 0.5) is 5.00 Å². The standard InChI is InChI=1S/C27H23N3O4S/c1-5-34-27(33)23-17(4)21(13-28)24(35-23)29-14-22-19-8-6-7-9-20(19)25(31)30(26(22)32)18-11-10-15(2)16(3)12-18/h6-12,14,32H,5H2,1-4H3/b29-14+. The number of carbonyl (C=O) groups excluding carboxylic acids is 1. The second-order valence-corrected chi connectivity index (χ2v) is 9.02. The maximum absolute atomic E-state index is 13.3. The summed E-state index contributed by atoms with van der Waals surface area (Å²) in [7, 11) is 0. The molecule has 7 nitrogen and oxygen atoms in total. The maximum atomic E-state index is 13.3. The SMILES string of the molecule is CCOC(=O)c1sc(/N=C/c2c(O)n(-c3ccc(C)c(C)c3)c(=O)c3ccccc23)c(C#N)c1C. The minimum absolute atomic E-state index is 0.219. The zero-order valence-electron chi connectivity index (χ0n) is 19.7. The maximum Gasteiger partial charge on any atom is 0.348 e. The molecule has 1 N–H and O–H groups in total. The summed E-state index contributed by atoms with van der Waals surface area (Å²) in [5.74, 6) is -0.775. The minimum atomic E-state index is -0.510. The van der Waals surface area contributed by atoms with E-state index in [0.717, 1.165) is 22.5 Å². The highest BCUT2D eigenvalue weighted by Gasteiger charge is 2.21. The quantitative estimate of drug-likeness (QED) is 0.298. The van der Waals surface area contributed by atoms with Crippen LogP contribution in [0.25, 0.3) is 16.5 Å². The number of fused-ring (bicyclic) bond motifs is 1. The lowest BCUT2D eigenvalue weighted by molar-refractivity contribution is 0.0531. The van der Waals surface area contributed by atoms with Crippen LogP contribution in [-0.2, 0) is 4.74 Å². The fourth-order valence-electron chi connectivity index (χ4n) is 3.83. The smallest absolute Gasteiger partial charge is 0.348 e. The summed E-state index contributed by atoms with van der Waals surface area (Å²) < 4.78 is 6.34. The summed E-state index contributed by atoms with van der Waals surface area (Å²) in [6, 6.07) is 14.6. The highest BCUT2D eigenvalue weighted by Crippen LogP contribution is 2.36. The Labute approximate surface area is 206 Å². The van der Waals surface area contributed by atoms with Gasteiger partial charge in [-0.2, -0.15) is 5.26 Å². The first kappa shape index (κ1) is 23.9. The van der Waals surface area contributed by atoms with Gasteiger partial charge >= 0.3 is 5.97 Å². The molecule has 0 bridgehead atoms. The van der Waals surface area contributed by atoms with E-state index in [1.54, 1.807) is 44.2 Å². The molecule has 0 radical (unpaired) electrons. The average Bonchev–Trinajstić information content (AvgIpc) is 3.16. The van der Waals surface area contributed by atoms with Crippen LogP contribution in [0.3, 0.4) is 0 Å².